The Balaban J connectivity index is 1.64. The molecule has 0 saturated heterocycles. The van der Waals surface area contributed by atoms with E-state index in [0.29, 0.717) is 0 Å². The molecule has 0 saturated carbocycles. The van der Waals surface area contributed by atoms with Crippen LogP contribution in [0.2, 0.25) is 0 Å². The molecule has 0 aliphatic heterocycles. The van der Waals surface area contributed by atoms with Gasteiger partial charge in [0.1, 0.15) is 16.9 Å². The summed E-state index contributed by atoms with van der Waals surface area (Å²) in [5.41, 5.74) is 3.77. The second-order valence-corrected chi connectivity index (χ2v) is 6.33. The SMILES string of the molecule is CN(C)CCCn1cc(-c2ccc3oc4ccccc4c3c2)nn1. The molecular weight excluding hydrogens is 300 g/mol. The fraction of sp³-hybridized carbons (Fsp3) is 0.263. The van der Waals surface area contributed by atoms with E-state index in [1.807, 2.05) is 41.2 Å². The van der Waals surface area contributed by atoms with Crippen LogP contribution in [0.15, 0.2) is 53.1 Å². The average molecular weight is 320 g/mol. The Morgan fingerprint density at radius 2 is 1.88 bits per heavy atom. The molecule has 0 unspecified atom stereocenters. The molecule has 0 atom stereocenters. The molecule has 2 heterocycles. The lowest BCUT2D eigenvalue weighted by Gasteiger charge is -2.08. The molecule has 5 heteroatoms. The van der Waals surface area contributed by atoms with Crippen LogP contribution in [0.3, 0.4) is 0 Å². The topological polar surface area (TPSA) is 47.1 Å². The van der Waals surface area contributed by atoms with E-state index in [4.69, 9.17) is 4.42 Å². The summed E-state index contributed by atoms with van der Waals surface area (Å²) in [7, 11) is 4.16. The maximum atomic E-state index is 5.88. The van der Waals surface area contributed by atoms with Crippen molar-refractivity contribution in [2.75, 3.05) is 20.6 Å². The van der Waals surface area contributed by atoms with Crippen LogP contribution >= 0.6 is 0 Å². The van der Waals surface area contributed by atoms with Gasteiger partial charge < -0.3 is 9.32 Å². The first kappa shape index (κ1) is 14.9. The number of furan rings is 1. The molecule has 2 aromatic heterocycles. The van der Waals surface area contributed by atoms with Gasteiger partial charge in [0.2, 0.25) is 0 Å². The summed E-state index contributed by atoms with van der Waals surface area (Å²) in [5, 5.41) is 10.8. The normalized spacial score (nSPS) is 11.8. The minimum Gasteiger partial charge on any atom is -0.456 e. The van der Waals surface area contributed by atoms with Gasteiger partial charge in [-0.05, 0) is 51.3 Å². The molecule has 0 aliphatic carbocycles. The summed E-state index contributed by atoms with van der Waals surface area (Å²) < 4.78 is 7.79. The van der Waals surface area contributed by atoms with Crippen LogP contribution in [0.25, 0.3) is 33.2 Å². The van der Waals surface area contributed by atoms with Crippen LogP contribution < -0.4 is 0 Å². The number of hydrogen-bond donors (Lipinski definition) is 0. The maximum absolute atomic E-state index is 5.88. The standard InChI is InChI=1S/C19H20N4O/c1-22(2)10-5-11-23-13-17(20-21-23)14-8-9-19-16(12-14)15-6-3-4-7-18(15)24-19/h3-4,6-9,12-13H,5,10-11H2,1-2H3. The van der Waals surface area contributed by atoms with Crippen LogP contribution in [-0.4, -0.2) is 40.5 Å². The minimum absolute atomic E-state index is 0.877. The number of aromatic nitrogens is 3. The van der Waals surface area contributed by atoms with Gasteiger partial charge in [0, 0.05) is 22.9 Å². The van der Waals surface area contributed by atoms with Crippen molar-refractivity contribution in [3.8, 4) is 11.3 Å². The molecule has 24 heavy (non-hydrogen) atoms. The molecule has 0 N–H and O–H groups in total. The van der Waals surface area contributed by atoms with Crippen molar-refractivity contribution in [3.63, 3.8) is 0 Å². The van der Waals surface area contributed by atoms with Crippen LogP contribution in [-0.2, 0) is 6.54 Å². The molecule has 4 rings (SSSR count). The van der Waals surface area contributed by atoms with Crippen molar-refractivity contribution >= 4 is 21.9 Å². The summed E-state index contributed by atoms with van der Waals surface area (Å²) in [6.45, 7) is 1.92. The van der Waals surface area contributed by atoms with Gasteiger partial charge >= 0.3 is 0 Å². The maximum Gasteiger partial charge on any atom is 0.135 e. The van der Waals surface area contributed by atoms with E-state index in [1.54, 1.807) is 0 Å². The van der Waals surface area contributed by atoms with E-state index in [-0.39, 0.29) is 0 Å². The zero-order valence-electron chi connectivity index (χ0n) is 13.9. The fourth-order valence-corrected chi connectivity index (χ4v) is 2.97. The number of fused-ring (bicyclic) bond motifs is 3. The smallest absolute Gasteiger partial charge is 0.135 e. The Bertz CT molecular complexity index is 983. The molecule has 0 amide bonds. The number of hydrogen-bond acceptors (Lipinski definition) is 4. The molecule has 2 aromatic carbocycles. The number of nitrogens with zero attached hydrogens (tertiary/aromatic N) is 4. The largest absolute Gasteiger partial charge is 0.456 e. The van der Waals surface area contributed by atoms with Gasteiger partial charge in [0.05, 0.1) is 6.20 Å². The molecule has 122 valence electrons. The number of aryl methyl sites for hydroxylation is 1. The van der Waals surface area contributed by atoms with E-state index >= 15 is 0 Å². The summed E-state index contributed by atoms with van der Waals surface area (Å²) >= 11 is 0. The Morgan fingerprint density at radius 3 is 2.75 bits per heavy atom. The van der Waals surface area contributed by atoms with Crippen molar-refractivity contribution < 1.29 is 4.42 Å². The first-order valence-corrected chi connectivity index (χ1v) is 8.17. The van der Waals surface area contributed by atoms with Crippen molar-refractivity contribution in [2.24, 2.45) is 0 Å². The highest BCUT2D eigenvalue weighted by Gasteiger charge is 2.10. The van der Waals surface area contributed by atoms with Gasteiger partial charge in [0.15, 0.2) is 0 Å². The second-order valence-electron chi connectivity index (χ2n) is 6.33. The minimum atomic E-state index is 0.877. The summed E-state index contributed by atoms with van der Waals surface area (Å²) in [4.78, 5) is 2.18. The molecule has 0 spiro atoms. The zero-order valence-corrected chi connectivity index (χ0v) is 13.9. The van der Waals surface area contributed by atoms with Crippen molar-refractivity contribution in [3.05, 3.63) is 48.7 Å². The highest BCUT2D eigenvalue weighted by molar-refractivity contribution is 6.06. The van der Waals surface area contributed by atoms with Gasteiger partial charge in [-0.1, -0.05) is 23.4 Å². The van der Waals surface area contributed by atoms with E-state index in [1.165, 1.54) is 0 Å². The van der Waals surface area contributed by atoms with Gasteiger partial charge in [-0.15, -0.1) is 5.10 Å². The van der Waals surface area contributed by atoms with Crippen LogP contribution in [0.5, 0.6) is 0 Å². The number of rotatable bonds is 5. The zero-order chi connectivity index (χ0) is 16.5. The van der Waals surface area contributed by atoms with E-state index in [9.17, 15) is 0 Å². The van der Waals surface area contributed by atoms with Gasteiger partial charge in [-0.25, -0.2) is 0 Å². The average Bonchev–Trinajstić information content (AvgIpc) is 3.18. The molecule has 5 nitrogen and oxygen atoms in total. The first-order chi connectivity index (χ1) is 11.7. The number of benzene rings is 2. The third-order valence-corrected chi connectivity index (χ3v) is 4.20. The van der Waals surface area contributed by atoms with E-state index < -0.39 is 0 Å². The molecule has 0 radical (unpaired) electrons. The van der Waals surface area contributed by atoms with Gasteiger partial charge in [0.25, 0.3) is 0 Å². The molecular formula is C19H20N4O. The monoisotopic (exact) mass is 320 g/mol. The summed E-state index contributed by atoms with van der Waals surface area (Å²) in [6.07, 6.45) is 3.07. The molecule has 0 bridgehead atoms. The lowest BCUT2D eigenvalue weighted by atomic mass is 10.1. The van der Waals surface area contributed by atoms with Gasteiger partial charge in [-0.2, -0.15) is 0 Å². The Labute approximate surface area is 140 Å². The van der Waals surface area contributed by atoms with Crippen LogP contribution in [0.1, 0.15) is 6.42 Å². The summed E-state index contributed by atoms with van der Waals surface area (Å²) in [6, 6.07) is 14.3. The Hall–Kier alpha value is -2.66. The van der Waals surface area contributed by atoms with Crippen molar-refractivity contribution in [2.45, 2.75) is 13.0 Å². The molecule has 4 aromatic rings. The van der Waals surface area contributed by atoms with Crippen molar-refractivity contribution in [1.29, 1.82) is 0 Å². The van der Waals surface area contributed by atoms with Gasteiger partial charge in [-0.3, -0.25) is 4.68 Å². The predicted molar refractivity (Wildman–Crippen MR) is 95.9 cm³/mol. The third kappa shape index (κ3) is 2.78. The highest BCUT2D eigenvalue weighted by atomic mass is 16.3. The van der Waals surface area contributed by atoms with Crippen LogP contribution in [0, 0.1) is 0 Å². The Kier molecular flexibility index (Phi) is 3.78. The fourth-order valence-electron chi connectivity index (χ4n) is 2.97. The van der Waals surface area contributed by atoms with Crippen molar-refractivity contribution in [1.82, 2.24) is 19.9 Å². The molecule has 0 fully saturated rings. The summed E-state index contributed by atoms with van der Waals surface area (Å²) in [5.74, 6) is 0. The lowest BCUT2D eigenvalue weighted by Crippen LogP contribution is -2.15. The predicted octanol–water partition coefficient (Wildman–Crippen LogP) is 3.80. The quantitative estimate of drug-likeness (QED) is 0.561. The van der Waals surface area contributed by atoms with Crippen LogP contribution in [0.4, 0.5) is 0 Å². The second kappa shape index (κ2) is 6.09. The van der Waals surface area contributed by atoms with E-state index in [0.717, 1.165) is 52.7 Å². The lowest BCUT2D eigenvalue weighted by molar-refractivity contribution is 0.379. The van der Waals surface area contributed by atoms with E-state index in [2.05, 4.69) is 41.4 Å². The highest BCUT2D eigenvalue weighted by Crippen LogP contribution is 2.31. The first-order valence-electron chi connectivity index (χ1n) is 8.17. The third-order valence-electron chi connectivity index (χ3n) is 4.20. The molecule has 0 aliphatic rings. The number of para-hydroxylation sites is 1. The Morgan fingerprint density at radius 1 is 1.04 bits per heavy atom.